The lowest BCUT2D eigenvalue weighted by molar-refractivity contribution is -0.116. The predicted molar refractivity (Wildman–Crippen MR) is 98.3 cm³/mol. The van der Waals surface area contributed by atoms with E-state index in [0.29, 0.717) is 16.7 Å². The molecule has 0 aliphatic carbocycles. The first-order valence-corrected chi connectivity index (χ1v) is 11.9. The first-order chi connectivity index (χ1) is 10.8. The normalized spacial score (nSPS) is 15.6. The van der Waals surface area contributed by atoms with Gasteiger partial charge in [0, 0.05) is 17.9 Å². The summed E-state index contributed by atoms with van der Waals surface area (Å²) in [5, 5.41) is 0. The lowest BCUT2D eigenvalue weighted by Gasteiger charge is -2.12. The minimum Gasteiger partial charge on any atom is -0.744 e. The fourth-order valence-electron chi connectivity index (χ4n) is 1.99. The second-order valence-electron chi connectivity index (χ2n) is 5.33. The Labute approximate surface area is 146 Å². The zero-order valence-electron chi connectivity index (χ0n) is 13.6. The van der Waals surface area contributed by atoms with Gasteiger partial charge in [0.05, 0.1) is 4.90 Å². The fraction of sp³-hybridized carbons (Fsp3) is 0.562. The van der Waals surface area contributed by atoms with Gasteiger partial charge in [-0.25, -0.2) is 8.42 Å². The van der Waals surface area contributed by atoms with E-state index in [1.165, 1.54) is 35.1 Å². The molecule has 1 aromatic rings. The molecule has 1 heterocycles. The monoisotopic (exact) mass is 376 g/mol. The van der Waals surface area contributed by atoms with Crippen LogP contribution in [0.4, 0.5) is 0 Å². The summed E-state index contributed by atoms with van der Waals surface area (Å²) in [4.78, 5) is 11.1. The van der Waals surface area contributed by atoms with Crippen LogP contribution >= 0.6 is 11.8 Å². The molecule has 130 valence electrons. The summed E-state index contributed by atoms with van der Waals surface area (Å²) in [5.41, 5.74) is 0.928. The summed E-state index contributed by atoms with van der Waals surface area (Å²) in [6, 6.07) is 5.78. The van der Waals surface area contributed by atoms with Gasteiger partial charge in [0.1, 0.15) is 21.6 Å². The standard InChI is InChI=1S/C9H17OS2.C7H8O3S/c1-2-3-9(10)8-12-6-4-11-5-7-12;1-6-2-4-7(5-3-6)11(8,9)10/h2-8H2,1H3;2-5H,1H3,(H,8,9,10)/q+1;/p-1. The van der Waals surface area contributed by atoms with Crippen molar-refractivity contribution in [3.8, 4) is 0 Å². The van der Waals surface area contributed by atoms with Gasteiger partial charge in [-0.3, -0.25) is 4.79 Å². The number of aryl methyl sites for hydroxylation is 1. The molecule has 2 rings (SSSR count). The van der Waals surface area contributed by atoms with Crippen LogP contribution in [0.25, 0.3) is 0 Å². The van der Waals surface area contributed by atoms with Crippen LogP contribution in [0.15, 0.2) is 29.2 Å². The molecule has 0 bridgehead atoms. The quantitative estimate of drug-likeness (QED) is 0.583. The number of Topliss-reactive ketones (excluding diaryl/α,β-unsaturated/α-hetero) is 1. The van der Waals surface area contributed by atoms with E-state index in [2.05, 4.69) is 6.92 Å². The highest BCUT2D eigenvalue weighted by atomic mass is 32.2. The highest BCUT2D eigenvalue weighted by Gasteiger charge is 2.24. The lowest BCUT2D eigenvalue weighted by atomic mass is 10.2. The highest BCUT2D eigenvalue weighted by Crippen LogP contribution is 2.14. The molecule has 23 heavy (non-hydrogen) atoms. The lowest BCUT2D eigenvalue weighted by Crippen LogP contribution is -2.27. The van der Waals surface area contributed by atoms with Gasteiger partial charge in [-0.05, 0) is 36.4 Å². The van der Waals surface area contributed by atoms with Crippen LogP contribution in [0.2, 0.25) is 0 Å². The van der Waals surface area contributed by atoms with E-state index in [0.717, 1.165) is 24.2 Å². The van der Waals surface area contributed by atoms with Crippen molar-refractivity contribution in [3.63, 3.8) is 0 Å². The SMILES string of the molecule is CCCC(=O)C[S+]1CCSCC1.Cc1ccc(S(=O)(=O)[O-])cc1. The van der Waals surface area contributed by atoms with E-state index in [9.17, 15) is 17.8 Å². The summed E-state index contributed by atoms with van der Waals surface area (Å²) in [5.74, 6) is 6.52. The second-order valence-corrected chi connectivity index (χ2v) is 10.3. The van der Waals surface area contributed by atoms with Crippen molar-refractivity contribution in [1.29, 1.82) is 0 Å². The molecule has 0 amide bonds. The smallest absolute Gasteiger partial charge is 0.181 e. The van der Waals surface area contributed by atoms with Crippen molar-refractivity contribution < 1.29 is 17.8 Å². The van der Waals surface area contributed by atoms with Crippen LogP contribution in [-0.2, 0) is 25.8 Å². The molecule has 0 unspecified atom stereocenters. The molecule has 0 radical (unpaired) electrons. The highest BCUT2D eigenvalue weighted by molar-refractivity contribution is 8.05. The maximum atomic E-state index is 11.3. The van der Waals surface area contributed by atoms with Crippen molar-refractivity contribution in [3.05, 3.63) is 29.8 Å². The van der Waals surface area contributed by atoms with Gasteiger partial charge in [0.15, 0.2) is 11.5 Å². The van der Waals surface area contributed by atoms with Crippen LogP contribution in [-0.4, -0.2) is 47.5 Å². The third-order valence-electron chi connectivity index (χ3n) is 3.24. The minimum atomic E-state index is -4.27. The number of hydrogen-bond donors (Lipinski definition) is 0. The van der Waals surface area contributed by atoms with Crippen molar-refractivity contribution in [2.75, 3.05) is 28.8 Å². The Bertz CT molecular complexity index is 576. The summed E-state index contributed by atoms with van der Waals surface area (Å²) in [6.45, 7) is 3.90. The third kappa shape index (κ3) is 8.79. The molecular weight excluding hydrogens is 352 g/mol. The molecular formula is C16H24O4S3. The topological polar surface area (TPSA) is 74.3 Å². The minimum absolute atomic E-state index is 0.178. The van der Waals surface area contributed by atoms with Gasteiger partial charge in [-0.15, -0.1) is 0 Å². The van der Waals surface area contributed by atoms with E-state index in [1.54, 1.807) is 12.1 Å². The molecule has 0 spiro atoms. The summed E-state index contributed by atoms with van der Waals surface area (Å²) in [7, 11) is -3.82. The van der Waals surface area contributed by atoms with Crippen LogP contribution in [0.5, 0.6) is 0 Å². The molecule has 0 aromatic heterocycles. The summed E-state index contributed by atoms with van der Waals surface area (Å²) < 4.78 is 31.2. The number of benzene rings is 1. The maximum Gasteiger partial charge on any atom is 0.181 e. The Morgan fingerprint density at radius 2 is 1.78 bits per heavy atom. The first kappa shape index (κ1) is 20.5. The van der Waals surface area contributed by atoms with Gasteiger partial charge in [-0.2, -0.15) is 11.8 Å². The molecule has 0 N–H and O–H groups in total. The zero-order valence-corrected chi connectivity index (χ0v) is 16.1. The van der Waals surface area contributed by atoms with Gasteiger partial charge < -0.3 is 4.55 Å². The van der Waals surface area contributed by atoms with E-state index in [-0.39, 0.29) is 4.90 Å². The number of thioether (sulfide) groups is 1. The Kier molecular flexibility index (Phi) is 9.27. The Morgan fingerprint density at radius 1 is 1.22 bits per heavy atom. The van der Waals surface area contributed by atoms with E-state index >= 15 is 0 Å². The molecule has 1 aliphatic rings. The van der Waals surface area contributed by atoms with E-state index in [4.69, 9.17) is 0 Å². The Morgan fingerprint density at radius 3 is 2.26 bits per heavy atom. The largest absolute Gasteiger partial charge is 0.744 e. The van der Waals surface area contributed by atoms with Crippen molar-refractivity contribution >= 4 is 38.6 Å². The molecule has 1 fully saturated rings. The van der Waals surface area contributed by atoms with Crippen LogP contribution in [0.3, 0.4) is 0 Å². The number of carbonyl (C=O) groups excluding carboxylic acids is 1. The Hall–Kier alpha value is -0.500. The molecule has 7 heteroatoms. The van der Waals surface area contributed by atoms with Gasteiger partial charge in [0.25, 0.3) is 0 Å². The van der Waals surface area contributed by atoms with E-state index < -0.39 is 10.1 Å². The molecule has 1 aromatic carbocycles. The van der Waals surface area contributed by atoms with Crippen LogP contribution in [0.1, 0.15) is 25.3 Å². The third-order valence-corrected chi connectivity index (χ3v) is 7.88. The van der Waals surface area contributed by atoms with Crippen molar-refractivity contribution in [2.24, 2.45) is 0 Å². The summed E-state index contributed by atoms with van der Waals surface area (Å²) >= 11 is 2.03. The van der Waals surface area contributed by atoms with Gasteiger partial charge >= 0.3 is 0 Å². The summed E-state index contributed by atoms with van der Waals surface area (Å²) in [6.07, 6.45) is 1.82. The number of hydrogen-bond acceptors (Lipinski definition) is 5. The number of carbonyl (C=O) groups is 1. The molecule has 1 aliphatic heterocycles. The fourth-order valence-corrected chi connectivity index (χ4v) is 6.58. The average Bonchev–Trinajstić information content (AvgIpc) is 2.48. The second kappa shape index (κ2) is 10.4. The van der Waals surface area contributed by atoms with E-state index in [1.807, 2.05) is 18.7 Å². The zero-order chi connectivity index (χ0) is 17.3. The predicted octanol–water partition coefficient (Wildman–Crippen LogP) is 2.62. The first-order valence-electron chi connectivity index (χ1n) is 7.59. The Balaban J connectivity index is 0.000000231. The van der Waals surface area contributed by atoms with Crippen LogP contribution < -0.4 is 0 Å². The molecule has 4 nitrogen and oxygen atoms in total. The molecule has 0 atom stereocenters. The van der Waals surface area contributed by atoms with Crippen molar-refractivity contribution in [2.45, 2.75) is 31.6 Å². The van der Waals surface area contributed by atoms with Gasteiger partial charge in [-0.1, -0.05) is 24.6 Å². The van der Waals surface area contributed by atoms with Crippen LogP contribution in [0, 0.1) is 6.92 Å². The maximum absolute atomic E-state index is 11.3. The average molecular weight is 377 g/mol. The molecule has 1 saturated heterocycles. The van der Waals surface area contributed by atoms with Gasteiger partial charge in [0.2, 0.25) is 0 Å². The van der Waals surface area contributed by atoms with Crippen molar-refractivity contribution in [1.82, 2.24) is 0 Å². The number of ketones is 1. The number of rotatable bonds is 5. The molecule has 0 saturated carbocycles.